The van der Waals surface area contributed by atoms with Gasteiger partial charge in [0, 0.05) is 30.5 Å². The number of rotatable bonds is 12. The molecule has 0 saturated heterocycles. The van der Waals surface area contributed by atoms with Crippen molar-refractivity contribution >= 4 is 23.4 Å². The zero-order chi connectivity index (χ0) is 25.9. The number of nitrogens with zero attached hydrogens (tertiary/aromatic N) is 1. The summed E-state index contributed by atoms with van der Waals surface area (Å²) in [7, 11) is 1.61. The molecule has 6 heteroatoms. The Bertz CT molecular complexity index is 1140. The van der Waals surface area contributed by atoms with Crippen molar-refractivity contribution in [1.82, 2.24) is 10.2 Å². The van der Waals surface area contributed by atoms with Crippen LogP contribution < -0.4 is 10.1 Å². The Morgan fingerprint density at radius 3 is 2.36 bits per heavy atom. The predicted octanol–water partition coefficient (Wildman–Crippen LogP) is 5.84. The standard InChI is InChI=1S/C30H35ClN2O3/c1-4-22(2)32-30(35)28(20-23-11-6-5-7-12-23)33(21-24-13-10-15-26(19-24)36-3)29(34)18-17-25-14-8-9-16-27(25)31/h5-16,19,22,28H,4,17-18,20-21H2,1-3H3,(H,32,35)/t22-,28-/m0/s1. The lowest BCUT2D eigenvalue weighted by atomic mass is 10.0. The van der Waals surface area contributed by atoms with Crippen molar-refractivity contribution in [1.29, 1.82) is 0 Å². The number of aryl methyl sites for hydroxylation is 1. The highest BCUT2D eigenvalue weighted by molar-refractivity contribution is 6.31. The molecule has 0 aliphatic carbocycles. The van der Waals surface area contributed by atoms with Gasteiger partial charge in [-0.1, -0.05) is 79.2 Å². The van der Waals surface area contributed by atoms with Crippen LogP contribution in [0, 0.1) is 0 Å². The van der Waals surface area contributed by atoms with Crippen LogP contribution in [0.3, 0.4) is 0 Å². The Hall–Kier alpha value is -3.31. The summed E-state index contributed by atoms with van der Waals surface area (Å²) >= 11 is 6.34. The largest absolute Gasteiger partial charge is 0.497 e. The summed E-state index contributed by atoms with van der Waals surface area (Å²) in [5.74, 6) is 0.458. The smallest absolute Gasteiger partial charge is 0.243 e. The predicted molar refractivity (Wildman–Crippen MR) is 145 cm³/mol. The van der Waals surface area contributed by atoms with Crippen molar-refractivity contribution in [2.75, 3.05) is 7.11 Å². The molecule has 0 aromatic heterocycles. The van der Waals surface area contributed by atoms with Crippen LogP contribution >= 0.6 is 11.6 Å². The van der Waals surface area contributed by atoms with Gasteiger partial charge in [0.25, 0.3) is 0 Å². The normalized spacial score (nSPS) is 12.4. The minimum absolute atomic E-state index is 0.00710. The van der Waals surface area contributed by atoms with E-state index in [0.29, 0.717) is 30.2 Å². The maximum absolute atomic E-state index is 13.7. The quantitative estimate of drug-likeness (QED) is 0.336. The van der Waals surface area contributed by atoms with Crippen LogP contribution in [0.1, 0.15) is 43.4 Å². The third kappa shape index (κ3) is 7.85. The lowest BCUT2D eigenvalue weighted by Gasteiger charge is -2.32. The molecule has 0 saturated carbocycles. The number of amides is 2. The summed E-state index contributed by atoms with van der Waals surface area (Å²) < 4.78 is 5.39. The third-order valence-corrected chi connectivity index (χ3v) is 6.69. The Kier molecular flexibility index (Phi) is 10.4. The number of methoxy groups -OCH3 is 1. The summed E-state index contributed by atoms with van der Waals surface area (Å²) in [4.78, 5) is 29.0. The average Bonchev–Trinajstić information content (AvgIpc) is 2.90. The van der Waals surface area contributed by atoms with Gasteiger partial charge in [0.05, 0.1) is 7.11 Å². The van der Waals surface area contributed by atoms with Crippen LogP contribution in [-0.4, -0.2) is 35.9 Å². The fourth-order valence-corrected chi connectivity index (χ4v) is 4.28. The highest BCUT2D eigenvalue weighted by atomic mass is 35.5. The molecule has 0 spiro atoms. The first-order chi connectivity index (χ1) is 17.4. The van der Waals surface area contributed by atoms with Crippen LogP contribution in [0.25, 0.3) is 0 Å². The minimum Gasteiger partial charge on any atom is -0.497 e. The van der Waals surface area contributed by atoms with Crippen LogP contribution in [0.15, 0.2) is 78.9 Å². The molecule has 0 aliphatic heterocycles. The Labute approximate surface area is 219 Å². The Balaban J connectivity index is 1.94. The van der Waals surface area contributed by atoms with E-state index in [-0.39, 0.29) is 24.3 Å². The second-order valence-electron chi connectivity index (χ2n) is 8.99. The van der Waals surface area contributed by atoms with Crippen LogP contribution in [0.4, 0.5) is 0 Å². The molecule has 3 aromatic carbocycles. The molecule has 0 heterocycles. The van der Waals surface area contributed by atoms with E-state index in [4.69, 9.17) is 16.3 Å². The second-order valence-corrected chi connectivity index (χ2v) is 9.40. The number of halogens is 1. The molecule has 0 radical (unpaired) electrons. The van der Waals surface area contributed by atoms with E-state index in [1.807, 2.05) is 92.7 Å². The molecule has 5 nitrogen and oxygen atoms in total. The van der Waals surface area contributed by atoms with Crippen molar-refractivity contribution in [2.24, 2.45) is 0 Å². The molecule has 190 valence electrons. The molecule has 3 aromatic rings. The monoisotopic (exact) mass is 506 g/mol. The lowest BCUT2D eigenvalue weighted by molar-refractivity contribution is -0.141. The van der Waals surface area contributed by atoms with Crippen molar-refractivity contribution in [3.8, 4) is 5.75 Å². The van der Waals surface area contributed by atoms with Gasteiger partial charge in [-0.3, -0.25) is 9.59 Å². The number of hydrogen-bond donors (Lipinski definition) is 1. The number of ether oxygens (including phenoxy) is 1. The van der Waals surface area contributed by atoms with Gasteiger partial charge in [0.1, 0.15) is 11.8 Å². The van der Waals surface area contributed by atoms with Gasteiger partial charge >= 0.3 is 0 Å². The van der Waals surface area contributed by atoms with E-state index in [1.165, 1.54) is 0 Å². The molecular weight excluding hydrogens is 472 g/mol. The van der Waals surface area contributed by atoms with Crippen molar-refractivity contribution in [2.45, 2.75) is 58.2 Å². The van der Waals surface area contributed by atoms with E-state index >= 15 is 0 Å². The summed E-state index contributed by atoms with van der Waals surface area (Å²) in [5.41, 5.74) is 2.81. The van der Waals surface area contributed by atoms with E-state index in [0.717, 1.165) is 23.1 Å². The summed E-state index contributed by atoms with van der Waals surface area (Å²) in [6.45, 7) is 4.30. The average molecular weight is 507 g/mol. The zero-order valence-electron chi connectivity index (χ0n) is 21.2. The fourth-order valence-electron chi connectivity index (χ4n) is 4.05. The first-order valence-corrected chi connectivity index (χ1v) is 12.8. The number of nitrogens with one attached hydrogen (secondary N) is 1. The van der Waals surface area contributed by atoms with Gasteiger partial charge < -0.3 is 15.0 Å². The van der Waals surface area contributed by atoms with Crippen molar-refractivity contribution < 1.29 is 14.3 Å². The second kappa shape index (κ2) is 13.7. The molecule has 2 amide bonds. The van der Waals surface area contributed by atoms with Crippen molar-refractivity contribution in [3.05, 3.63) is 101 Å². The zero-order valence-corrected chi connectivity index (χ0v) is 22.0. The van der Waals surface area contributed by atoms with Gasteiger partial charge in [-0.2, -0.15) is 0 Å². The van der Waals surface area contributed by atoms with Crippen LogP contribution in [0.5, 0.6) is 5.75 Å². The molecule has 0 aliphatic rings. The molecule has 1 N–H and O–H groups in total. The number of benzene rings is 3. The van der Waals surface area contributed by atoms with E-state index in [2.05, 4.69) is 5.32 Å². The van der Waals surface area contributed by atoms with E-state index in [9.17, 15) is 9.59 Å². The maximum Gasteiger partial charge on any atom is 0.243 e. The molecule has 36 heavy (non-hydrogen) atoms. The van der Waals surface area contributed by atoms with Crippen LogP contribution in [0.2, 0.25) is 5.02 Å². The van der Waals surface area contributed by atoms with E-state index < -0.39 is 6.04 Å². The molecule has 0 bridgehead atoms. The van der Waals surface area contributed by atoms with Gasteiger partial charge in [-0.25, -0.2) is 0 Å². The number of carbonyl (C=O) groups excluding carboxylic acids is 2. The highest BCUT2D eigenvalue weighted by Crippen LogP contribution is 2.21. The van der Waals surface area contributed by atoms with Crippen LogP contribution in [-0.2, 0) is 29.0 Å². The molecule has 0 unspecified atom stereocenters. The molecule has 2 atom stereocenters. The Morgan fingerprint density at radius 2 is 1.67 bits per heavy atom. The van der Waals surface area contributed by atoms with E-state index in [1.54, 1.807) is 12.0 Å². The summed E-state index contributed by atoms with van der Waals surface area (Å²) in [5, 5.41) is 3.74. The van der Waals surface area contributed by atoms with Gasteiger partial charge in [0.15, 0.2) is 0 Å². The summed E-state index contributed by atoms with van der Waals surface area (Å²) in [6, 6.07) is 24.3. The molecule has 3 rings (SSSR count). The highest BCUT2D eigenvalue weighted by Gasteiger charge is 2.31. The first kappa shape index (κ1) is 27.3. The van der Waals surface area contributed by atoms with Gasteiger partial charge in [-0.15, -0.1) is 0 Å². The lowest BCUT2D eigenvalue weighted by Crippen LogP contribution is -2.52. The molecule has 0 fully saturated rings. The SMILES string of the molecule is CC[C@H](C)NC(=O)[C@H](Cc1ccccc1)N(Cc1cccc(OC)c1)C(=O)CCc1ccccc1Cl. The van der Waals surface area contributed by atoms with Gasteiger partial charge in [0.2, 0.25) is 11.8 Å². The minimum atomic E-state index is -0.661. The van der Waals surface area contributed by atoms with Gasteiger partial charge in [-0.05, 0) is 54.7 Å². The van der Waals surface area contributed by atoms with Crippen molar-refractivity contribution in [3.63, 3.8) is 0 Å². The number of carbonyl (C=O) groups is 2. The maximum atomic E-state index is 13.7. The molecular formula is C30H35ClN2O3. The summed E-state index contributed by atoms with van der Waals surface area (Å²) in [6.07, 6.45) is 1.97. The number of hydrogen-bond acceptors (Lipinski definition) is 3. The first-order valence-electron chi connectivity index (χ1n) is 12.4. The Morgan fingerprint density at radius 1 is 0.972 bits per heavy atom. The topological polar surface area (TPSA) is 58.6 Å². The third-order valence-electron chi connectivity index (χ3n) is 6.33. The fraction of sp³-hybridized carbons (Fsp3) is 0.333.